The third-order valence-corrected chi connectivity index (χ3v) is 5.30. The SMILES string of the molecule is CN1CCCC(c2cccc(CC3CCCNC3)c2)CC1. The maximum absolute atomic E-state index is 3.54. The van der Waals surface area contributed by atoms with Crippen molar-refractivity contribution < 1.29 is 0 Å². The van der Waals surface area contributed by atoms with E-state index in [2.05, 4.69) is 41.5 Å². The van der Waals surface area contributed by atoms with Crippen LogP contribution in [0.25, 0.3) is 0 Å². The molecule has 0 aromatic heterocycles. The van der Waals surface area contributed by atoms with Crippen molar-refractivity contribution in [3.05, 3.63) is 35.4 Å². The molecule has 0 radical (unpaired) electrons. The van der Waals surface area contributed by atoms with Crippen LogP contribution in [0.4, 0.5) is 0 Å². The molecule has 2 aliphatic rings. The molecule has 1 aromatic rings. The lowest BCUT2D eigenvalue weighted by Crippen LogP contribution is -2.30. The number of nitrogens with one attached hydrogen (secondary N) is 1. The van der Waals surface area contributed by atoms with E-state index in [9.17, 15) is 0 Å². The summed E-state index contributed by atoms with van der Waals surface area (Å²) >= 11 is 0. The molecule has 1 N–H and O–H groups in total. The molecule has 0 amide bonds. The van der Waals surface area contributed by atoms with Gasteiger partial charge in [-0.1, -0.05) is 24.3 Å². The summed E-state index contributed by atoms with van der Waals surface area (Å²) in [6, 6.07) is 9.49. The second kappa shape index (κ2) is 7.42. The van der Waals surface area contributed by atoms with E-state index < -0.39 is 0 Å². The van der Waals surface area contributed by atoms with Gasteiger partial charge in [-0.3, -0.25) is 0 Å². The van der Waals surface area contributed by atoms with E-state index >= 15 is 0 Å². The van der Waals surface area contributed by atoms with Gasteiger partial charge in [-0.05, 0) is 94.7 Å². The maximum atomic E-state index is 3.54. The van der Waals surface area contributed by atoms with Crippen molar-refractivity contribution >= 4 is 0 Å². The lowest BCUT2D eigenvalue weighted by molar-refractivity contribution is 0.347. The third-order valence-electron chi connectivity index (χ3n) is 5.30. The molecule has 0 aliphatic carbocycles. The first-order valence-corrected chi connectivity index (χ1v) is 8.79. The standard InChI is InChI=1S/C19H30N2/c1-21-11-4-8-18(9-12-21)19-7-2-5-16(14-19)13-17-6-3-10-20-15-17/h2,5,7,14,17-18,20H,3-4,6,8-13,15H2,1H3. The number of rotatable bonds is 3. The zero-order valence-electron chi connectivity index (χ0n) is 13.5. The van der Waals surface area contributed by atoms with Crippen molar-refractivity contribution in [2.75, 3.05) is 33.2 Å². The Bertz CT molecular complexity index is 437. The van der Waals surface area contributed by atoms with Gasteiger partial charge in [0.05, 0.1) is 0 Å². The Morgan fingerprint density at radius 2 is 2.10 bits per heavy atom. The number of likely N-dealkylation sites (tertiary alicyclic amines) is 1. The summed E-state index contributed by atoms with van der Waals surface area (Å²) in [5, 5.41) is 3.54. The summed E-state index contributed by atoms with van der Waals surface area (Å²) in [4.78, 5) is 2.48. The van der Waals surface area contributed by atoms with Gasteiger partial charge in [0.25, 0.3) is 0 Å². The molecule has 2 heterocycles. The summed E-state index contributed by atoms with van der Waals surface area (Å²) in [7, 11) is 2.26. The van der Waals surface area contributed by atoms with Gasteiger partial charge in [0.15, 0.2) is 0 Å². The zero-order chi connectivity index (χ0) is 14.5. The number of benzene rings is 1. The van der Waals surface area contributed by atoms with Crippen LogP contribution in [0.1, 0.15) is 49.1 Å². The smallest absolute Gasteiger partial charge is 0.00160 e. The number of piperidine rings is 1. The predicted molar refractivity (Wildman–Crippen MR) is 89.8 cm³/mol. The fraction of sp³-hybridized carbons (Fsp3) is 0.684. The molecule has 0 bridgehead atoms. The number of hydrogen-bond acceptors (Lipinski definition) is 2. The normalized spacial score (nSPS) is 28.2. The van der Waals surface area contributed by atoms with Crippen LogP contribution in [0, 0.1) is 5.92 Å². The molecule has 21 heavy (non-hydrogen) atoms. The zero-order valence-corrected chi connectivity index (χ0v) is 13.5. The van der Waals surface area contributed by atoms with Gasteiger partial charge in [-0.15, -0.1) is 0 Å². The minimum Gasteiger partial charge on any atom is -0.316 e. The van der Waals surface area contributed by atoms with Crippen LogP contribution in [0.2, 0.25) is 0 Å². The molecule has 2 heteroatoms. The second-order valence-corrected chi connectivity index (χ2v) is 7.09. The van der Waals surface area contributed by atoms with E-state index in [4.69, 9.17) is 0 Å². The van der Waals surface area contributed by atoms with Gasteiger partial charge in [-0.2, -0.15) is 0 Å². The van der Waals surface area contributed by atoms with Crippen molar-refractivity contribution in [2.45, 2.75) is 44.4 Å². The quantitative estimate of drug-likeness (QED) is 0.916. The molecular weight excluding hydrogens is 256 g/mol. The molecule has 2 aliphatic heterocycles. The fourth-order valence-electron chi connectivity index (χ4n) is 3.98. The molecule has 3 rings (SSSR count). The van der Waals surface area contributed by atoms with Crippen molar-refractivity contribution in [1.29, 1.82) is 0 Å². The van der Waals surface area contributed by atoms with Gasteiger partial charge < -0.3 is 10.2 Å². The topological polar surface area (TPSA) is 15.3 Å². The largest absolute Gasteiger partial charge is 0.316 e. The highest BCUT2D eigenvalue weighted by atomic mass is 15.1. The average molecular weight is 286 g/mol. The molecule has 2 unspecified atom stereocenters. The van der Waals surface area contributed by atoms with Crippen LogP contribution in [0.15, 0.2) is 24.3 Å². The fourth-order valence-corrected chi connectivity index (χ4v) is 3.98. The van der Waals surface area contributed by atoms with E-state index in [1.807, 2.05) is 0 Å². The molecular formula is C19H30N2. The minimum absolute atomic E-state index is 0.777. The van der Waals surface area contributed by atoms with Crippen LogP contribution >= 0.6 is 0 Å². The molecule has 2 atom stereocenters. The number of hydrogen-bond donors (Lipinski definition) is 1. The summed E-state index contributed by atoms with van der Waals surface area (Å²) in [6.07, 6.45) is 8.03. The van der Waals surface area contributed by atoms with Crippen molar-refractivity contribution in [3.63, 3.8) is 0 Å². The highest BCUT2D eigenvalue weighted by molar-refractivity contribution is 5.27. The van der Waals surface area contributed by atoms with Gasteiger partial charge in [0.2, 0.25) is 0 Å². The monoisotopic (exact) mass is 286 g/mol. The first-order chi connectivity index (χ1) is 10.3. The Kier molecular flexibility index (Phi) is 5.32. The van der Waals surface area contributed by atoms with Crippen LogP contribution in [0.5, 0.6) is 0 Å². The third kappa shape index (κ3) is 4.31. The molecule has 2 fully saturated rings. The summed E-state index contributed by atoms with van der Waals surface area (Å²) in [6.45, 7) is 4.94. The molecule has 0 spiro atoms. The van der Waals surface area contributed by atoms with Crippen LogP contribution in [0.3, 0.4) is 0 Å². The lowest BCUT2D eigenvalue weighted by atomic mass is 9.88. The van der Waals surface area contributed by atoms with E-state index in [0.29, 0.717) is 0 Å². The first-order valence-electron chi connectivity index (χ1n) is 8.79. The summed E-state index contributed by atoms with van der Waals surface area (Å²) in [5.74, 6) is 1.62. The maximum Gasteiger partial charge on any atom is -0.00160 e. The highest BCUT2D eigenvalue weighted by Crippen LogP contribution is 2.29. The van der Waals surface area contributed by atoms with Crippen LogP contribution < -0.4 is 5.32 Å². The van der Waals surface area contributed by atoms with E-state index in [1.54, 1.807) is 11.1 Å². The first kappa shape index (κ1) is 15.1. The molecule has 116 valence electrons. The van der Waals surface area contributed by atoms with E-state index in [0.717, 1.165) is 11.8 Å². The Labute approximate surface area is 129 Å². The van der Waals surface area contributed by atoms with Crippen molar-refractivity contribution in [3.8, 4) is 0 Å². The van der Waals surface area contributed by atoms with E-state index in [1.165, 1.54) is 64.7 Å². The Morgan fingerprint density at radius 3 is 2.95 bits per heavy atom. The van der Waals surface area contributed by atoms with Gasteiger partial charge in [0, 0.05) is 0 Å². The van der Waals surface area contributed by atoms with E-state index in [-0.39, 0.29) is 0 Å². The van der Waals surface area contributed by atoms with Crippen molar-refractivity contribution in [1.82, 2.24) is 10.2 Å². The highest BCUT2D eigenvalue weighted by Gasteiger charge is 2.18. The van der Waals surface area contributed by atoms with Crippen molar-refractivity contribution in [2.24, 2.45) is 5.92 Å². The minimum atomic E-state index is 0.777. The van der Waals surface area contributed by atoms with Crippen LogP contribution in [-0.4, -0.2) is 38.1 Å². The number of nitrogens with zero attached hydrogens (tertiary/aromatic N) is 1. The molecule has 2 nitrogen and oxygen atoms in total. The molecule has 0 saturated carbocycles. The average Bonchev–Trinajstić information content (AvgIpc) is 2.73. The Hall–Kier alpha value is -0.860. The molecule has 1 aromatic carbocycles. The van der Waals surface area contributed by atoms with Gasteiger partial charge in [0.1, 0.15) is 0 Å². The van der Waals surface area contributed by atoms with Crippen LogP contribution in [-0.2, 0) is 6.42 Å². The Morgan fingerprint density at radius 1 is 1.14 bits per heavy atom. The summed E-state index contributed by atoms with van der Waals surface area (Å²) in [5.41, 5.74) is 3.14. The molecule has 2 saturated heterocycles. The lowest BCUT2D eigenvalue weighted by Gasteiger charge is -2.23. The van der Waals surface area contributed by atoms with Gasteiger partial charge in [-0.25, -0.2) is 0 Å². The Balaban J connectivity index is 1.64. The summed E-state index contributed by atoms with van der Waals surface area (Å²) < 4.78 is 0. The van der Waals surface area contributed by atoms with Gasteiger partial charge >= 0.3 is 0 Å². The predicted octanol–water partition coefficient (Wildman–Crippen LogP) is 3.43. The second-order valence-electron chi connectivity index (χ2n) is 7.09.